The molecule has 0 bridgehead atoms. The van der Waals surface area contributed by atoms with Gasteiger partial charge in [0.15, 0.2) is 0 Å². The van der Waals surface area contributed by atoms with Gasteiger partial charge in [-0.3, -0.25) is 0 Å². The summed E-state index contributed by atoms with van der Waals surface area (Å²) in [7, 11) is 1.59. The van der Waals surface area contributed by atoms with Crippen molar-refractivity contribution in [2.45, 2.75) is 6.42 Å². The molecule has 2 rings (SSSR count). The first kappa shape index (κ1) is 11.2. The van der Waals surface area contributed by atoms with Crippen LogP contribution in [0.4, 0.5) is 0 Å². The Kier molecular flexibility index (Phi) is 3.09. The Morgan fingerprint density at radius 1 is 1.35 bits per heavy atom. The largest absolute Gasteiger partial charge is 0.502 e. The van der Waals surface area contributed by atoms with Crippen LogP contribution in [0.1, 0.15) is 11.4 Å². The molecule has 0 spiro atoms. The zero-order valence-corrected chi connectivity index (χ0v) is 9.21. The number of aromatic hydroxyl groups is 2. The second-order valence-corrected chi connectivity index (χ2v) is 3.45. The first-order valence-electron chi connectivity index (χ1n) is 4.98. The first-order chi connectivity index (χ1) is 8.19. The second kappa shape index (κ2) is 4.69. The molecule has 0 fully saturated rings. The van der Waals surface area contributed by atoms with E-state index in [2.05, 4.69) is 16.2 Å². The van der Waals surface area contributed by atoms with Crippen LogP contribution in [0.15, 0.2) is 24.3 Å². The molecule has 0 aliphatic carbocycles. The van der Waals surface area contributed by atoms with Crippen LogP contribution in [0.2, 0.25) is 0 Å². The van der Waals surface area contributed by atoms with E-state index in [-0.39, 0.29) is 0 Å². The van der Waals surface area contributed by atoms with Gasteiger partial charge in [0, 0.05) is 6.42 Å². The molecule has 5 nitrogen and oxygen atoms in total. The molecule has 0 amide bonds. The van der Waals surface area contributed by atoms with Gasteiger partial charge < -0.3 is 14.9 Å². The van der Waals surface area contributed by atoms with E-state index in [9.17, 15) is 5.11 Å². The fourth-order valence-electron chi connectivity index (χ4n) is 1.41. The van der Waals surface area contributed by atoms with Gasteiger partial charge in [0.05, 0.1) is 7.11 Å². The quantitative estimate of drug-likeness (QED) is 0.832. The number of hydrogen-bond donors (Lipinski definition) is 2. The summed E-state index contributed by atoms with van der Waals surface area (Å²) in [6, 6.07) is 7.45. The second-order valence-electron chi connectivity index (χ2n) is 3.45. The fourth-order valence-corrected chi connectivity index (χ4v) is 1.41. The number of ether oxygens (including phenoxy) is 1. The van der Waals surface area contributed by atoms with Gasteiger partial charge in [0.2, 0.25) is 5.75 Å². The van der Waals surface area contributed by atoms with Gasteiger partial charge in [-0.05, 0) is 17.7 Å². The van der Waals surface area contributed by atoms with Crippen LogP contribution in [0.5, 0.6) is 17.4 Å². The van der Waals surface area contributed by atoms with Crippen molar-refractivity contribution in [3.8, 4) is 17.4 Å². The van der Waals surface area contributed by atoms with Crippen molar-refractivity contribution in [3.05, 3.63) is 41.9 Å². The van der Waals surface area contributed by atoms with Crippen LogP contribution >= 0.6 is 0 Å². The van der Waals surface area contributed by atoms with E-state index in [1.54, 1.807) is 7.11 Å². The zero-order valence-electron chi connectivity index (χ0n) is 9.21. The average molecular weight is 231 g/mol. The standard InChI is InChI=1S/C12H11N2O3/c1-17-9-4-2-3-8(5-9)6-11-13-7-10(15)12(16)14-11/h2-5,15H,6H2,1H3,(H,13,14,16). The van der Waals surface area contributed by atoms with E-state index in [0.717, 1.165) is 11.3 Å². The topological polar surface area (TPSA) is 75.5 Å². The number of benzene rings is 1. The number of hydrogen-bond acceptors (Lipinski definition) is 5. The molecule has 2 aromatic rings. The highest BCUT2D eigenvalue weighted by atomic mass is 16.5. The van der Waals surface area contributed by atoms with Crippen molar-refractivity contribution >= 4 is 0 Å². The Morgan fingerprint density at radius 2 is 2.18 bits per heavy atom. The lowest BCUT2D eigenvalue weighted by Gasteiger charge is -2.04. The van der Waals surface area contributed by atoms with Gasteiger partial charge in [-0.1, -0.05) is 12.1 Å². The molecule has 2 N–H and O–H groups in total. The van der Waals surface area contributed by atoms with Crippen LogP contribution in [0.25, 0.3) is 0 Å². The molecule has 0 unspecified atom stereocenters. The smallest absolute Gasteiger partial charge is 0.258 e. The zero-order chi connectivity index (χ0) is 12.3. The van der Waals surface area contributed by atoms with Crippen molar-refractivity contribution in [2.75, 3.05) is 7.11 Å². The van der Waals surface area contributed by atoms with Gasteiger partial charge in [-0.25, -0.2) is 4.98 Å². The summed E-state index contributed by atoms with van der Waals surface area (Å²) in [5.41, 5.74) is 0.947. The molecule has 17 heavy (non-hydrogen) atoms. The summed E-state index contributed by atoms with van der Waals surface area (Å²) in [5, 5.41) is 18.3. The predicted molar refractivity (Wildman–Crippen MR) is 60.0 cm³/mol. The highest BCUT2D eigenvalue weighted by molar-refractivity contribution is 5.31. The summed E-state index contributed by atoms with van der Waals surface area (Å²) in [5.74, 6) is 0.223. The number of methoxy groups -OCH3 is 1. The minimum Gasteiger partial charge on any atom is -0.502 e. The Labute approximate surface area is 98.4 Å². The maximum absolute atomic E-state index is 9.22. The van der Waals surface area contributed by atoms with Gasteiger partial charge in [0.1, 0.15) is 17.8 Å². The van der Waals surface area contributed by atoms with Gasteiger partial charge in [-0.15, -0.1) is 0 Å². The molecule has 0 aliphatic rings. The van der Waals surface area contributed by atoms with Crippen molar-refractivity contribution < 1.29 is 14.9 Å². The van der Waals surface area contributed by atoms with Crippen LogP contribution in [-0.4, -0.2) is 27.3 Å². The molecular formula is C12H11N2O3. The maximum atomic E-state index is 9.22. The number of aromatic nitrogens is 2. The Hall–Kier alpha value is -2.30. The minimum absolute atomic E-state index is 0.383. The van der Waals surface area contributed by atoms with Crippen molar-refractivity contribution in [1.82, 2.24) is 9.97 Å². The third kappa shape index (κ3) is 2.63. The molecule has 87 valence electrons. The van der Waals surface area contributed by atoms with Gasteiger partial charge >= 0.3 is 0 Å². The van der Waals surface area contributed by atoms with E-state index < -0.39 is 11.6 Å². The molecule has 5 heteroatoms. The van der Waals surface area contributed by atoms with E-state index in [0.29, 0.717) is 12.2 Å². The van der Waals surface area contributed by atoms with Crippen LogP contribution in [0, 0.1) is 6.20 Å². The van der Waals surface area contributed by atoms with Gasteiger partial charge in [0.25, 0.3) is 5.88 Å². The molecule has 1 heterocycles. The Morgan fingerprint density at radius 3 is 2.88 bits per heavy atom. The normalized spacial score (nSPS) is 10.2. The first-order valence-corrected chi connectivity index (χ1v) is 4.98. The lowest BCUT2D eigenvalue weighted by molar-refractivity contribution is 0.383. The molecule has 0 atom stereocenters. The molecule has 0 saturated carbocycles. The lowest BCUT2D eigenvalue weighted by atomic mass is 10.1. The minimum atomic E-state index is -0.460. The van der Waals surface area contributed by atoms with E-state index >= 15 is 0 Å². The predicted octanol–water partition coefficient (Wildman–Crippen LogP) is 1.29. The van der Waals surface area contributed by atoms with Crippen LogP contribution in [-0.2, 0) is 6.42 Å². The Bertz CT molecular complexity index is 529. The van der Waals surface area contributed by atoms with Crippen LogP contribution < -0.4 is 4.74 Å². The SMILES string of the molecule is COc1cccc(Cc2n[c]c(O)c(O)n2)c1. The summed E-state index contributed by atoms with van der Waals surface area (Å²) in [4.78, 5) is 7.55. The number of rotatable bonds is 3. The summed E-state index contributed by atoms with van der Waals surface area (Å²) in [6.07, 6.45) is 2.71. The molecule has 0 saturated heterocycles. The molecule has 1 aromatic carbocycles. The van der Waals surface area contributed by atoms with E-state index in [4.69, 9.17) is 9.84 Å². The average Bonchev–Trinajstić information content (AvgIpc) is 2.34. The van der Waals surface area contributed by atoms with Crippen molar-refractivity contribution in [2.24, 2.45) is 0 Å². The number of nitrogens with zero attached hydrogens (tertiary/aromatic N) is 2. The molecule has 0 aliphatic heterocycles. The maximum Gasteiger partial charge on any atom is 0.258 e. The van der Waals surface area contributed by atoms with E-state index in [1.807, 2.05) is 24.3 Å². The molecule has 1 aromatic heterocycles. The fraction of sp³-hybridized carbons (Fsp3) is 0.167. The van der Waals surface area contributed by atoms with Crippen molar-refractivity contribution in [1.29, 1.82) is 0 Å². The summed E-state index contributed by atoms with van der Waals surface area (Å²) >= 11 is 0. The highest BCUT2D eigenvalue weighted by Gasteiger charge is 2.06. The lowest BCUT2D eigenvalue weighted by Crippen LogP contribution is -1.96. The highest BCUT2D eigenvalue weighted by Crippen LogP contribution is 2.20. The van der Waals surface area contributed by atoms with E-state index in [1.165, 1.54) is 0 Å². The van der Waals surface area contributed by atoms with Crippen LogP contribution in [0.3, 0.4) is 0 Å². The van der Waals surface area contributed by atoms with Gasteiger partial charge in [-0.2, -0.15) is 4.98 Å². The monoisotopic (exact) mass is 231 g/mol. The molecular weight excluding hydrogens is 220 g/mol. The molecule has 1 radical (unpaired) electrons. The summed E-state index contributed by atoms with van der Waals surface area (Å²) < 4.78 is 5.10. The summed E-state index contributed by atoms with van der Waals surface area (Å²) in [6.45, 7) is 0. The third-order valence-corrected chi connectivity index (χ3v) is 2.23. The third-order valence-electron chi connectivity index (χ3n) is 2.23. The Balaban J connectivity index is 2.22. The van der Waals surface area contributed by atoms with Crippen molar-refractivity contribution in [3.63, 3.8) is 0 Å².